The Balaban J connectivity index is 2.65. The van der Waals surface area contributed by atoms with Crippen molar-refractivity contribution in [2.24, 2.45) is 5.92 Å². The number of amidine groups is 1. The predicted molar refractivity (Wildman–Crippen MR) is 127 cm³/mol. The Bertz CT molecular complexity index is 935. The van der Waals surface area contributed by atoms with E-state index < -0.39 is 0 Å². The maximum atomic E-state index is 13.3. The van der Waals surface area contributed by atoms with Gasteiger partial charge >= 0.3 is 0 Å². The number of nitrogens with zero attached hydrogens (tertiary/aromatic N) is 2. The number of benzene rings is 2. The number of amides is 1. The maximum absolute atomic E-state index is 13.3. The second-order valence-electron chi connectivity index (χ2n) is 8.34. The van der Waals surface area contributed by atoms with E-state index in [1.807, 2.05) is 71.1 Å². The molecule has 0 saturated heterocycles. The van der Waals surface area contributed by atoms with Crippen LogP contribution in [0, 0.1) is 16.7 Å². The fraction of sp³-hybridized carbons (Fsp3) is 0.375. The Morgan fingerprint density at radius 1 is 1.13 bits per heavy atom. The molecule has 2 N–H and O–H groups in total. The van der Waals surface area contributed by atoms with Crippen LogP contribution in [0.5, 0.6) is 0 Å². The molecular weight excluding hydrogens is 396 g/mol. The summed E-state index contributed by atoms with van der Waals surface area (Å²) in [5.74, 6) is 0.130. The lowest BCUT2D eigenvalue weighted by Gasteiger charge is -2.35. The molecule has 0 spiro atoms. The standard InChI is InChI=1S/C24H31ClN4O/c1-7-24(4,5)28(6)23(30)19-12-18(17-8-10-20(25)11-9-17)13-21(14-19)29(15-26)22(27)16(2)3/h8-16,26-27H,7H2,1-6H3. The molecule has 0 aromatic heterocycles. The first-order valence-electron chi connectivity index (χ1n) is 10.1. The summed E-state index contributed by atoms with van der Waals surface area (Å²) in [5, 5.41) is 16.9. The Morgan fingerprint density at radius 3 is 2.23 bits per heavy atom. The molecule has 2 rings (SSSR count). The van der Waals surface area contributed by atoms with Crippen molar-refractivity contribution in [3.05, 3.63) is 53.1 Å². The van der Waals surface area contributed by atoms with Gasteiger partial charge in [-0.1, -0.05) is 44.5 Å². The molecule has 30 heavy (non-hydrogen) atoms. The number of rotatable bonds is 7. The summed E-state index contributed by atoms with van der Waals surface area (Å²) in [6.07, 6.45) is 1.95. The molecule has 1 amide bonds. The Labute approximate surface area is 184 Å². The minimum atomic E-state index is -0.292. The van der Waals surface area contributed by atoms with Gasteiger partial charge in [0.1, 0.15) is 5.84 Å². The van der Waals surface area contributed by atoms with Crippen molar-refractivity contribution in [2.75, 3.05) is 11.9 Å². The van der Waals surface area contributed by atoms with Crippen molar-refractivity contribution in [3.63, 3.8) is 0 Å². The van der Waals surface area contributed by atoms with E-state index in [9.17, 15) is 4.79 Å². The summed E-state index contributed by atoms with van der Waals surface area (Å²) >= 11 is 6.04. The molecule has 0 atom stereocenters. The zero-order valence-electron chi connectivity index (χ0n) is 18.6. The average Bonchev–Trinajstić information content (AvgIpc) is 2.73. The largest absolute Gasteiger partial charge is 0.337 e. The molecule has 0 bridgehead atoms. The molecule has 0 heterocycles. The van der Waals surface area contributed by atoms with Gasteiger partial charge < -0.3 is 4.90 Å². The van der Waals surface area contributed by atoms with Gasteiger partial charge in [0, 0.05) is 34.8 Å². The van der Waals surface area contributed by atoms with Crippen LogP contribution in [0.1, 0.15) is 51.4 Å². The van der Waals surface area contributed by atoms with Gasteiger partial charge in [0.15, 0.2) is 0 Å². The van der Waals surface area contributed by atoms with E-state index in [2.05, 4.69) is 6.92 Å². The zero-order valence-corrected chi connectivity index (χ0v) is 19.3. The summed E-state index contributed by atoms with van der Waals surface area (Å²) in [6, 6.07) is 12.9. The van der Waals surface area contributed by atoms with E-state index in [0.29, 0.717) is 22.1 Å². The third-order valence-electron chi connectivity index (χ3n) is 5.63. The first kappa shape index (κ1) is 23.6. The topological polar surface area (TPSA) is 71.2 Å². The molecule has 0 aliphatic rings. The van der Waals surface area contributed by atoms with E-state index in [-0.39, 0.29) is 17.4 Å². The third-order valence-corrected chi connectivity index (χ3v) is 5.89. The van der Waals surface area contributed by atoms with Crippen LogP contribution in [0.2, 0.25) is 5.02 Å². The molecule has 5 nitrogen and oxygen atoms in total. The number of carbonyl (C=O) groups is 1. The number of carbonyl (C=O) groups excluding carboxylic acids is 1. The highest BCUT2D eigenvalue weighted by molar-refractivity contribution is 6.30. The summed E-state index contributed by atoms with van der Waals surface area (Å²) in [5.41, 5.74) is 2.58. The molecule has 0 aliphatic heterocycles. The number of hydrogen-bond acceptors (Lipinski definition) is 3. The molecule has 0 fully saturated rings. The molecule has 0 unspecified atom stereocenters. The molecular formula is C24H31ClN4O. The van der Waals surface area contributed by atoms with Gasteiger partial charge in [-0.05, 0) is 61.7 Å². The van der Waals surface area contributed by atoms with E-state index in [4.69, 9.17) is 22.4 Å². The maximum Gasteiger partial charge on any atom is 0.254 e. The predicted octanol–water partition coefficient (Wildman–Crippen LogP) is 6.31. The lowest BCUT2D eigenvalue weighted by molar-refractivity contribution is 0.0620. The lowest BCUT2D eigenvalue weighted by Crippen LogP contribution is -2.44. The van der Waals surface area contributed by atoms with Crippen molar-refractivity contribution in [2.45, 2.75) is 46.6 Å². The number of nitrogens with one attached hydrogen (secondary N) is 2. The number of halogens is 1. The summed E-state index contributed by atoms with van der Waals surface area (Å²) in [6.45, 7) is 9.94. The summed E-state index contributed by atoms with van der Waals surface area (Å²) in [7, 11) is 1.81. The smallest absolute Gasteiger partial charge is 0.254 e. The second-order valence-corrected chi connectivity index (χ2v) is 8.78. The fourth-order valence-electron chi connectivity index (χ4n) is 2.95. The minimum absolute atomic E-state index is 0.0633. The van der Waals surface area contributed by atoms with Gasteiger partial charge in [0.05, 0.1) is 6.34 Å². The van der Waals surface area contributed by atoms with Crippen molar-refractivity contribution >= 4 is 35.4 Å². The summed E-state index contributed by atoms with van der Waals surface area (Å²) < 4.78 is 0. The van der Waals surface area contributed by atoms with Gasteiger partial charge in [0.2, 0.25) is 0 Å². The SMILES string of the molecule is CCC(C)(C)N(C)C(=O)c1cc(-c2ccc(Cl)cc2)cc(N(C=N)C(=N)C(C)C)c1. The number of hydrogen-bond donors (Lipinski definition) is 2. The molecule has 0 radical (unpaired) electrons. The highest BCUT2D eigenvalue weighted by Gasteiger charge is 2.27. The second kappa shape index (κ2) is 9.43. The normalized spacial score (nSPS) is 11.3. The van der Waals surface area contributed by atoms with Crippen LogP contribution >= 0.6 is 11.6 Å². The van der Waals surface area contributed by atoms with Crippen LogP contribution in [0.4, 0.5) is 5.69 Å². The molecule has 2 aromatic carbocycles. The van der Waals surface area contributed by atoms with Crippen LogP contribution in [0.25, 0.3) is 11.1 Å². The molecule has 0 aliphatic carbocycles. The van der Waals surface area contributed by atoms with Gasteiger partial charge in [-0.25, -0.2) is 0 Å². The van der Waals surface area contributed by atoms with Gasteiger partial charge in [-0.3, -0.25) is 20.5 Å². The minimum Gasteiger partial charge on any atom is -0.337 e. The highest BCUT2D eigenvalue weighted by atomic mass is 35.5. The van der Waals surface area contributed by atoms with Crippen molar-refractivity contribution < 1.29 is 4.79 Å². The van der Waals surface area contributed by atoms with Crippen molar-refractivity contribution in [3.8, 4) is 11.1 Å². The number of anilines is 1. The van der Waals surface area contributed by atoms with Crippen LogP contribution in [-0.2, 0) is 0 Å². The van der Waals surface area contributed by atoms with E-state index in [1.54, 1.807) is 11.0 Å². The monoisotopic (exact) mass is 426 g/mol. The quantitative estimate of drug-likeness (QED) is 0.402. The zero-order chi connectivity index (χ0) is 22.6. The van der Waals surface area contributed by atoms with E-state index >= 15 is 0 Å². The van der Waals surface area contributed by atoms with Crippen LogP contribution in [0.3, 0.4) is 0 Å². The van der Waals surface area contributed by atoms with E-state index in [1.165, 1.54) is 4.90 Å². The van der Waals surface area contributed by atoms with E-state index in [0.717, 1.165) is 23.9 Å². The fourth-order valence-corrected chi connectivity index (χ4v) is 3.08. The summed E-state index contributed by atoms with van der Waals surface area (Å²) in [4.78, 5) is 16.6. The third kappa shape index (κ3) is 5.08. The van der Waals surface area contributed by atoms with Crippen LogP contribution in [0.15, 0.2) is 42.5 Å². The Morgan fingerprint density at radius 2 is 1.73 bits per heavy atom. The van der Waals surface area contributed by atoms with Gasteiger partial charge in [-0.2, -0.15) is 0 Å². The molecule has 160 valence electrons. The highest BCUT2D eigenvalue weighted by Crippen LogP contribution is 2.30. The Hall–Kier alpha value is -2.66. The van der Waals surface area contributed by atoms with Gasteiger partial charge in [0.25, 0.3) is 5.91 Å². The Kier molecular flexibility index (Phi) is 7.43. The van der Waals surface area contributed by atoms with Crippen molar-refractivity contribution in [1.29, 1.82) is 10.8 Å². The van der Waals surface area contributed by atoms with Crippen molar-refractivity contribution in [1.82, 2.24) is 4.90 Å². The van der Waals surface area contributed by atoms with Crippen LogP contribution < -0.4 is 4.90 Å². The van der Waals surface area contributed by atoms with Crippen LogP contribution in [-0.4, -0.2) is 35.6 Å². The molecule has 0 saturated carbocycles. The average molecular weight is 427 g/mol. The first-order valence-corrected chi connectivity index (χ1v) is 10.5. The molecule has 2 aromatic rings. The molecule has 6 heteroatoms. The van der Waals surface area contributed by atoms with Gasteiger partial charge in [-0.15, -0.1) is 0 Å². The first-order chi connectivity index (χ1) is 14.0. The lowest BCUT2D eigenvalue weighted by atomic mass is 9.97.